The number of hydrogen-bond acceptors (Lipinski definition) is 2. The Labute approximate surface area is 88.7 Å². The molecule has 3 heteroatoms. The third kappa shape index (κ3) is 2.43. The van der Waals surface area contributed by atoms with E-state index in [1.807, 2.05) is 30.3 Å². The molecule has 0 bridgehead atoms. The number of rotatable bonds is 2. The smallest absolute Gasteiger partial charge is 0.223 e. The molecule has 0 unspecified atom stereocenters. The van der Waals surface area contributed by atoms with E-state index in [4.69, 9.17) is 0 Å². The Balaban J connectivity index is 2.05. The topological polar surface area (TPSA) is 37.4 Å². The third-order valence-corrected chi connectivity index (χ3v) is 2.55. The van der Waals surface area contributed by atoms with Crippen LogP contribution < -0.4 is 0 Å². The maximum atomic E-state index is 11.5. The summed E-state index contributed by atoms with van der Waals surface area (Å²) in [6.07, 6.45) is 0.774. The lowest BCUT2D eigenvalue weighted by Gasteiger charge is -2.25. The molecule has 1 aliphatic rings. The molecule has 1 heterocycles. The van der Waals surface area contributed by atoms with Crippen molar-refractivity contribution >= 4 is 11.7 Å². The first kappa shape index (κ1) is 9.90. The van der Waals surface area contributed by atoms with E-state index in [2.05, 4.69) is 0 Å². The predicted molar refractivity (Wildman–Crippen MR) is 56.1 cm³/mol. The van der Waals surface area contributed by atoms with E-state index < -0.39 is 0 Å². The molecule has 1 amide bonds. The second-order valence-electron chi connectivity index (χ2n) is 3.77. The molecule has 78 valence electrons. The van der Waals surface area contributed by atoms with E-state index in [0.29, 0.717) is 19.4 Å². The quantitative estimate of drug-likeness (QED) is 0.728. The van der Waals surface area contributed by atoms with Crippen LogP contribution in [0, 0.1) is 0 Å². The first-order valence-corrected chi connectivity index (χ1v) is 5.09. The zero-order valence-corrected chi connectivity index (χ0v) is 8.48. The molecule has 0 aliphatic carbocycles. The summed E-state index contributed by atoms with van der Waals surface area (Å²) in [5.41, 5.74) is 1.07. The first-order valence-electron chi connectivity index (χ1n) is 5.09. The SMILES string of the molecule is O=C1CCC(=O)N(Cc2ccccc2)C1. The zero-order valence-electron chi connectivity index (χ0n) is 8.48. The summed E-state index contributed by atoms with van der Waals surface area (Å²) in [6, 6.07) is 9.74. The van der Waals surface area contributed by atoms with Gasteiger partial charge in [-0.3, -0.25) is 9.59 Å². The average molecular weight is 203 g/mol. The summed E-state index contributed by atoms with van der Waals surface area (Å²) in [5, 5.41) is 0. The van der Waals surface area contributed by atoms with E-state index in [0.717, 1.165) is 5.56 Å². The summed E-state index contributed by atoms with van der Waals surface area (Å²) in [5.74, 6) is 0.240. The minimum Gasteiger partial charge on any atom is -0.331 e. The van der Waals surface area contributed by atoms with Crippen molar-refractivity contribution in [2.24, 2.45) is 0 Å². The van der Waals surface area contributed by atoms with Gasteiger partial charge in [-0.25, -0.2) is 0 Å². The Morgan fingerprint density at radius 1 is 1.07 bits per heavy atom. The highest BCUT2D eigenvalue weighted by Gasteiger charge is 2.23. The van der Waals surface area contributed by atoms with E-state index in [9.17, 15) is 9.59 Å². The first-order chi connectivity index (χ1) is 7.25. The lowest BCUT2D eigenvalue weighted by Crippen LogP contribution is -2.39. The summed E-state index contributed by atoms with van der Waals surface area (Å²) >= 11 is 0. The fourth-order valence-corrected chi connectivity index (χ4v) is 1.73. The van der Waals surface area contributed by atoms with Crippen LogP contribution in [0.4, 0.5) is 0 Å². The standard InChI is InChI=1S/C12H13NO2/c14-11-6-7-12(15)13(9-11)8-10-4-2-1-3-5-10/h1-5H,6-9H2. The van der Waals surface area contributed by atoms with Crippen molar-refractivity contribution < 1.29 is 9.59 Å². The van der Waals surface area contributed by atoms with Gasteiger partial charge in [0.1, 0.15) is 0 Å². The van der Waals surface area contributed by atoms with Gasteiger partial charge in [-0.15, -0.1) is 0 Å². The number of piperidine rings is 1. The van der Waals surface area contributed by atoms with Crippen molar-refractivity contribution in [3.8, 4) is 0 Å². The minimum absolute atomic E-state index is 0.0819. The maximum Gasteiger partial charge on any atom is 0.223 e. The molecule has 0 saturated carbocycles. The van der Waals surface area contributed by atoms with Crippen molar-refractivity contribution in [1.82, 2.24) is 4.90 Å². The van der Waals surface area contributed by atoms with Gasteiger partial charge in [0, 0.05) is 19.4 Å². The highest BCUT2D eigenvalue weighted by Crippen LogP contribution is 2.12. The summed E-state index contributed by atoms with van der Waals surface area (Å²) in [7, 11) is 0. The second kappa shape index (κ2) is 4.26. The summed E-state index contributed by atoms with van der Waals surface area (Å²) in [6.45, 7) is 0.819. The van der Waals surface area contributed by atoms with Crippen LogP contribution in [0.2, 0.25) is 0 Å². The molecular weight excluding hydrogens is 190 g/mol. The number of Topliss-reactive ketones (excluding diaryl/α,β-unsaturated/α-hetero) is 1. The fraction of sp³-hybridized carbons (Fsp3) is 0.333. The molecule has 0 N–H and O–H groups in total. The second-order valence-corrected chi connectivity index (χ2v) is 3.77. The zero-order chi connectivity index (χ0) is 10.7. The molecule has 1 aromatic rings. The molecule has 15 heavy (non-hydrogen) atoms. The van der Waals surface area contributed by atoms with Gasteiger partial charge in [-0.05, 0) is 5.56 Å². The molecule has 0 atom stereocenters. The molecule has 0 radical (unpaired) electrons. The normalized spacial score (nSPS) is 16.9. The fourth-order valence-electron chi connectivity index (χ4n) is 1.73. The van der Waals surface area contributed by atoms with E-state index >= 15 is 0 Å². The number of carbonyl (C=O) groups is 2. The van der Waals surface area contributed by atoms with Crippen LogP contribution in [0.15, 0.2) is 30.3 Å². The number of nitrogens with zero attached hydrogens (tertiary/aromatic N) is 1. The molecule has 1 aromatic carbocycles. The van der Waals surface area contributed by atoms with Crippen LogP contribution in [-0.4, -0.2) is 23.1 Å². The van der Waals surface area contributed by atoms with Crippen LogP contribution >= 0.6 is 0 Å². The van der Waals surface area contributed by atoms with Crippen molar-refractivity contribution in [3.63, 3.8) is 0 Å². The molecule has 3 nitrogen and oxygen atoms in total. The number of likely N-dealkylation sites (tertiary alicyclic amines) is 1. The predicted octanol–water partition coefficient (Wildman–Crippen LogP) is 1.38. The van der Waals surface area contributed by atoms with Crippen LogP contribution in [0.25, 0.3) is 0 Å². The van der Waals surface area contributed by atoms with E-state index in [1.165, 1.54) is 0 Å². The van der Waals surface area contributed by atoms with E-state index in [1.54, 1.807) is 4.90 Å². The highest BCUT2D eigenvalue weighted by atomic mass is 16.2. The van der Waals surface area contributed by atoms with E-state index in [-0.39, 0.29) is 18.2 Å². The van der Waals surface area contributed by atoms with Gasteiger partial charge >= 0.3 is 0 Å². The lowest BCUT2D eigenvalue weighted by atomic mass is 10.1. The molecule has 1 aliphatic heterocycles. The van der Waals surface area contributed by atoms with Gasteiger partial charge < -0.3 is 4.90 Å². The molecule has 0 spiro atoms. The molecule has 1 fully saturated rings. The van der Waals surface area contributed by atoms with Gasteiger partial charge in [0.05, 0.1) is 6.54 Å². The van der Waals surface area contributed by atoms with Crippen LogP contribution in [0.3, 0.4) is 0 Å². The van der Waals surface area contributed by atoms with Crippen molar-refractivity contribution in [3.05, 3.63) is 35.9 Å². The highest BCUT2D eigenvalue weighted by molar-refractivity contribution is 5.92. The van der Waals surface area contributed by atoms with Gasteiger partial charge in [-0.2, -0.15) is 0 Å². The Kier molecular flexibility index (Phi) is 2.81. The van der Waals surface area contributed by atoms with Crippen molar-refractivity contribution in [2.45, 2.75) is 19.4 Å². The van der Waals surface area contributed by atoms with Gasteiger partial charge in [0.25, 0.3) is 0 Å². The van der Waals surface area contributed by atoms with Gasteiger partial charge in [-0.1, -0.05) is 30.3 Å². The van der Waals surface area contributed by atoms with Crippen LogP contribution in [-0.2, 0) is 16.1 Å². The van der Waals surface area contributed by atoms with Gasteiger partial charge in [0.15, 0.2) is 5.78 Å². The van der Waals surface area contributed by atoms with Crippen LogP contribution in [0.5, 0.6) is 0 Å². The number of ketones is 1. The Morgan fingerprint density at radius 2 is 1.80 bits per heavy atom. The lowest BCUT2D eigenvalue weighted by molar-refractivity contribution is -0.140. The van der Waals surface area contributed by atoms with Crippen molar-refractivity contribution in [1.29, 1.82) is 0 Å². The Hall–Kier alpha value is -1.64. The molecule has 2 rings (SSSR count). The van der Waals surface area contributed by atoms with Crippen molar-refractivity contribution in [2.75, 3.05) is 6.54 Å². The summed E-state index contributed by atoms with van der Waals surface area (Å²) < 4.78 is 0. The Morgan fingerprint density at radius 3 is 2.53 bits per heavy atom. The largest absolute Gasteiger partial charge is 0.331 e. The maximum absolute atomic E-state index is 11.5. The monoisotopic (exact) mass is 203 g/mol. The molecule has 1 saturated heterocycles. The number of hydrogen-bond donors (Lipinski definition) is 0. The van der Waals surface area contributed by atoms with Gasteiger partial charge in [0.2, 0.25) is 5.91 Å². The molecule has 0 aromatic heterocycles. The average Bonchev–Trinajstić information content (AvgIpc) is 2.25. The third-order valence-electron chi connectivity index (χ3n) is 2.55. The molecular formula is C12H13NO2. The number of carbonyl (C=O) groups excluding carboxylic acids is 2. The number of benzene rings is 1. The van der Waals surface area contributed by atoms with Crippen LogP contribution in [0.1, 0.15) is 18.4 Å². The summed E-state index contributed by atoms with van der Waals surface area (Å²) in [4.78, 5) is 24.4. The minimum atomic E-state index is 0.0819. The Bertz CT molecular complexity index is 372. The number of amides is 1.